The number of furan rings is 1. The Labute approximate surface area is 126 Å². The summed E-state index contributed by atoms with van der Waals surface area (Å²) in [5, 5.41) is 3.33. The molecule has 2 saturated carbocycles. The Morgan fingerprint density at radius 2 is 1.95 bits per heavy atom. The van der Waals surface area contributed by atoms with E-state index in [1.807, 2.05) is 13.8 Å². The molecule has 5 nitrogen and oxygen atoms in total. The maximum atomic E-state index is 12.6. The van der Waals surface area contributed by atoms with Gasteiger partial charge in [-0.25, -0.2) is 13.1 Å². The third kappa shape index (κ3) is 3.49. The summed E-state index contributed by atoms with van der Waals surface area (Å²) in [6, 6.07) is 2.22. The molecule has 0 saturated heterocycles. The molecule has 0 aromatic carbocycles. The minimum Gasteiger partial charge on any atom is -0.464 e. The third-order valence-electron chi connectivity index (χ3n) is 4.35. The summed E-state index contributed by atoms with van der Waals surface area (Å²) in [6.07, 6.45) is 4.58. The van der Waals surface area contributed by atoms with Crippen LogP contribution >= 0.6 is 0 Å². The van der Waals surface area contributed by atoms with Gasteiger partial charge in [0, 0.05) is 17.6 Å². The Kier molecular flexibility index (Phi) is 3.66. The Bertz CT molecular complexity index is 625. The highest BCUT2D eigenvalue weighted by molar-refractivity contribution is 7.89. The van der Waals surface area contributed by atoms with Gasteiger partial charge in [-0.15, -0.1) is 0 Å². The predicted octanol–water partition coefficient (Wildman–Crippen LogP) is 2.31. The van der Waals surface area contributed by atoms with Crippen LogP contribution in [0, 0.1) is 12.8 Å². The van der Waals surface area contributed by atoms with Crippen LogP contribution in [0.15, 0.2) is 15.4 Å². The summed E-state index contributed by atoms with van der Waals surface area (Å²) < 4.78 is 33.6. The first-order chi connectivity index (χ1) is 9.78. The predicted molar refractivity (Wildman–Crippen MR) is 80.4 cm³/mol. The van der Waals surface area contributed by atoms with Crippen LogP contribution in [0.4, 0.5) is 0 Å². The quantitative estimate of drug-likeness (QED) is 0.810. The molecule has 3 rings (SSSR count). The molecule has 21 heavy (non-hydrogen) atoms. The fourth-order valence-electron chi connectivity index (χ4n) is 2.70. The van der Waals surface area contributed by atoms with Gasteiger partial charge in [-0.3, -0.25) is 0 Å². The van der Waals surface area contributed by atoms with Crippen molar-refractivity contribution in [2.45, 2.75) is 69.5 Å². The van der Waals surface area contributed by atoms with E-state index >= 15 is 0 Å². The van der Waals surface area contributed by atoms with Crippen molar-refractivity contribution in [3.05, 3.63) is 17.6 Å². The number of nitrogens with one attached hydrogen (secondary N) is 2. The number of hydrogen-bond acceptors (Lipinski definition) is 4. The lowest BCUT2D eigenvalue weighted by atomic mass is 10.0. The Morgan fingerprint density at radius 1 is 1.29 bits per heavy atom. The molecule has 1 aromatic rings. The van der Waals surface area contributed by atoms with E-state index in [9.17, 15) is 8.42 Å². The van der Waals surface area contributed by atoms with E-state index in [0.29, 0.717) is 30.0 Å². The summed E-state index contributed by atoms with van der Waals surface area (Å²) in [6.45, 7) is 6.20. The molecule has 2 fully saturated rings. The van der Waals surface area contributed by atoms with Crippen LogP contribution in [0.1, 0.15) is 51.1 Å². The fraction of sp³-hybridized carbons (Fsp3) is 0.733. The van der Waals surface area contributed by atoms with E-state index in [4.69, 9.17) is 4.42 Å². The lowest BCUT2D eigenvalue weighted by Crippen LogP contribution is -2.45. The second kappa shape index (κ2) is 5.11. The second-order valence-corrected chi connectivity index (χ2v) is 8.54. The lowest BCUT2D eigenvalue weighted by molar-refractivity contribution is 0.399. The molecule has 0 bridgehead atoms. The van der Waals surface area contributed by atoms with Crippen molar-refractivity contribution in [1.29, 1.82) is 0 Å². The molecular formula is C15H24N2O3S. The normalized spacial score (nSPS) is 20.0. The summed E-state index contributed by atoms with van der Waals surface area (Å²) >= 11 is 0. The highest BCUT2D eigenvalue weighted by Gasteiger charge is 2.41. The Hall–Kier alpha value is -0.850. The fourth-order valence-corrected chi connectivity index (χ4v) is 4.38. The first-order valence-corrected chi connectivity index (χ1v) is 9.13. The zero-order valence-corrected chi connectivity index (χ0v) is 13.7. The molecule has 0 radical (unpaired) electrons. The highest BCUT2D eigenvalue weighted by atomic mass is 32.2. The largest absolute Gasteiger partial charge is 0.464 e. The first-order valence-electron chi connectivity index (χ1n) is 7.64. The van der Waals surface area contributed by atoms with Crippen LogP contribution in [0.5, 0.6) is 0 Å². The van der Waals surface area contributed by atoms with E-state index in [2.05, 4.69) is 10.0 Å². The molecule has 0 atom stereocenters. The number of sulfonamides is 1. The first kappa shape index (κ1) is 15.1. The van der Waals surface area contributed by atoms with Gasteiger partial charge in [0.2, 0.25) is 10.0 Å². The van der Waals surface area contributed by atoms with Crippen LogP contribution in [0.25, 0.3) is 0 Å². The highest BCUT2D eigenvalue weighted by Crippen LogP contribution is 2.40. The minimum absolute atomic E-state index is 0.267. The summed E-state index contributed by atoms with van der Waals surface area (Å²) in [5.74, 6) is 1.58. The smallest absolute Gasteiger partial charge is 0.244 e. The van der Waals surface area contributed by atoms with E-state index in [1.54, 1.807) is 13.0 Å². The number of aryl methyl sites for hydroxylation is 1. The van der Waals surface area contributed by atoms with Gasteiger partial charge in [0.25, 0.3) is 0 Å². The van der Waals surface area contributed by atoms with Gasteiger partial charge in [0.05, 0.1) is 6.54 Å². The van der Waals surface area contributed by atoms with Crippen LogP contribution in [-0.2, 0) is 16.6 Å². The van der Waals surface area contributed by atoms with Gasteiger partial charge < -0.3 is 9.73 Å². The molecule has 2 N–H and O–H groups in total. The molecule has 6 heteroatoms. The monoisotopic (exact) mass is 312 g/mol. The van der Waals surface area contributed by atoms with Gasteiger partial charge in [-0.2, -0.15) is 0 Å². The molecule has 0 amide bonds. The van der Waals surface area contributed by atoms with Crippen molar-refractivity contribution in [2.24, 2.45) is 5.92 Å². The van der Waals surface area contributed by atoms with Crippen LogP contribution in [-0.4, -0.2) is 20.0 Å². The molecule has 1 aromatic heterocycles. The standard InChI is InChI=1S/C15H24N2O3S/c1-10-14(8-13(20-10)9-16-12-6-7-12)21(18,19)17-15(2,3)11-4-5-11/h8,11-12,16-17H,4-7,9H2,1-3H3. The van der Waals surface area contributed by atoms with Gasteiger partial charge in [-0.1, -0.05) is 0 Å². The Balaban J connectivity index is 1.74. The van der Waals surface area contributed by atoms with Crippen molar-refractivity contribution < 1.29 is 12.8 Å². The van der Waals surface area contributed by atoms with Crippen LogP contribution in [0.2, 0.25) is 0 Å². The topological polar surface area (TPSA) is 71.3 Å². The van der Waals surface area contributed by atoms with Crippen molar-refractivity contribution in [3.63, 3.8) is 0 Å². The van der Waals surface area contributed by atoms with Gasteiger partial charge in [-0.05, 0) is 52.4 Å². The molecule has 2 aliphatic rings. The van der Waals surface area contributed by atoms with Crippen molar-refractivity contribution in [3.8, 4) is 0 Å². The van der Waals surface area contributed by atoms with E-state index in [0.717, 1.165) is 12.8 Å². The zero-order valence-electron chi connectivity index (χ0n) is 12.9. The van der Waals surface area contributed by atoms with E-state index in [-0.39, 0.29) is 4.90 Å². The number of hydrogen-bond donors (Lipinski definition) is 2. The molecule has 1 heterocycles. The van der Waals surface area contributed by atoms with Crippen LogP contribution in [0.3, 0.4) is 0 Å². The maximum Gasteiger partial charge on any atom is 0.244 e. The molecule has 0 spiro atoms. The maximum absolute atomic E-state index is 12.6. The molecule has 2 aliphatic carbocycles. The molecule has 0 aliphatic heterocycles. The molecular weight excluding hydrogens is 288 g/mol. The van der Waals surface area contributed by atoms with Crippen molar-refractivity contribution in [1.82, 2.24) is 10.0 Å². The summed E-state index contributed by atoms with van der Waals surface area (Å²) in [4.78, 5) is 0.267. The van der Waals surface area contributed by atoms with Crippen molar-refractivity contribution >= 4 is 10.0 Å². The number of rotatable bonds is 7. The second-order valence-electron chi connectivity index (χ2n) is 6.89. The van der Waals surface area contributed by atoms with Gasteiger partial charge in [0.15, 0.2) is 0 Å². The third-order valence-corrected chi connectivity index (χ3v) is 6.13. The van der Waals surface area contributed by atoms with Gasteiger partial charge in [0.1, 0.15) is 16.4 Å². The van der Waals surface area contributed by atoms with E-state index < -0.39 is 15.6 Å². The zero-order chi connectivity index (χ0) is 15.3. The average Bonchev–Trinajstić information content (AvgIpc) is 3.23. The molecule has 118 valence electrons. The minimum atomic E-state index is -3.53. The Morgan fingerprint density at radius 3 is 2.52 bits per heavy atom. The molecule has 0 unspecified atom stereocenters. The lowest BCUT2D eigenvalue weighted by Gasteiger charge is -2.25. The van der Waals surface area contributed by atoms with Crippen LogP contribution < -0.4 is 10.0 Å². The van der Waals surface area contributed by atoms with E-state index in [1.165, 1.54) is 12.8 Å². The SMILES string of the molecule is Cc1oc(CNC2CC2)cc1S(=O)(=O)NC(C)(C)C1CC1. The van der Waals surface area contributed by atoms with Gasteiger partial charge >= 0.3 is 0 Å². The summed E-state index contributed by atoms with van der Waals surface area (Å²) in [7, 11) is -3.53. The summed E-state index contributed by atoms with van der Waals surface area (Å²) in [5.41, 5.74) is -0.394. The average molecular weight is 312 g/mol. The van der Waals surface area contributed by atoms with Crippen molar-refractivity contribution in [2.75, 3.05) is 0 Å².